The van der Waals surface area contributed by atoms with E-state index in [2.05, 4.69) is 5.32 Å². The molecule has 116 valence electrons. The van der Waals surface area contributed by atoms with E-state index in [1.165, 1.54) is 0 Å². The number of carbonyl (C=O) groups is 1. The van der Waals surface area contributed by atoms with Crippen molar-refractivity contribution in [2.24, 2.45) is 0 Å². The highest BCUT2D eigenvalue weighted by Crippen LogP contribution is 2.30. The zero-order chi connectivity index (χ0) is 15.3. The molecule has 0 saturated heterocycles. The van der Waals surface area contributed by atoms with E-state index >= 15 is 0 Å². The third-order valence-corrected chi connectivity index (χ3v) is 4.00. The Morgan fingerprint density at radius 3 is 2.67 bits per heavy atom. The number of benzene rings is 1. The zero-order valence-electron chi connectivity index (χ0n) is 12.0. The number of amides is 1. The van der Waals surface area contributed by atoms with Crippen LogP contribution in [0.1, 0.15) is 44.1 Å². The Balaban J connectivity index is 1.77. The monoisotopic (exact) mass is 297 g/mol. The quantitative estimate of drug-likeness (QED) is 0.878. The van der Waals surface area contributed by atoms with Crippen LogP contribution < -0.4 is 5.32 Å². The van der Waals surface area contributed by atoms with Crippen LogP contribution in [0.3, 0.4) is 0 Å². The molecule has 0 spiro atoms. The minimum atomic E-state index is -0.896. The van der Waals surface area contributed by atoms with Gasteiger partial charge < -0.3 is 10.4 Å². The fraction of sp³-hybridized carbons (Fsp3) is 0.562. The van der Waals surface area contributed by atoms with Gasteiger partial charge in [-0.15, -0.1) is 0 Å². The second-order valence-corrected chi connectivity index (χ2v) is 5.80. The minimum absolute atomic E-state index is 0.0820. The van der Waals surface area contributed by atoms with Gasteiger partial charge in [-0.3, -0.25) is 4.79 Å². The molecule has 0 heterocycles. The summed E-state index contributed by atoms with van der Waals surface area (Å²) in [7, 11) is 0. The van der Waals surface area contributed by atoms with Crippen molar-refractivity contribution in [1.29, 1.82) is 0 Å². The van der Waals surface area contributed by atoms with E-state index in [0.717, 1.165) is 37.5 Å². The summed E-state index contributed by atoms with van der Waals surface area (Å²) in [6, 6.07) is 3.28. The second-order valence-electron chi connectivity index (χ2n) is 5.80. The lowest BCUT2D eigenvalue weighted by Gasteiger charge is -2.31. The lowest BCUT2D eigenvalue weighted by atomic mass is 9.82. The summed E-state index contributed by atoms with van der Waals surface area (Å²) in [5, 5.41) is 12.9. The van der Waals surface area contributed by atoms with Gasteiger partial charge in [-0.2, -0.15) is 0 Å². The van der Waals surface area contributed by atoms with Crippen LogP contribution >= 0.6 is 0 Å². The molecule has 0 unspecified atom stereocenters. The van der Waals surface area contributed by atoms with Crippen LogP contribution in [0.5, 0.6) is 0 Å². The number of carbonyl (C=O) groups excluding carboxylic acids is 1. The van der Waals surface area contributed by atoms with E-state index in [4.69, 9.17) is 0 Å². The molecule has 1 amide bonds. The van der Waals surface area contributed by atoms with Gasteiger partial charge in [0.1, 0.15) is 11.6 Å². The molecule has 1 saturated carbocycles. The summed E-state index contributed by atoms with van der Waals surface area (Å²) in [5.41, 5.74) is -0.654. The standard InChI is InChI=1S/C16H21F2NO2/c17-13-4-5-14(18)12(10-13)6-9-19-15(20)11-16(21)7-2-1-3-8-16/h4-5,10,21H,1-3,6-9,11H2,(H,19,20). The third kappa shape index (κ3) is 4.77. The van der Waals surface area contributed by atoms with Crippen LogP contribution in [0.2, 0.25) is 0 Å². The number of aliphatic hydroxyl groups is 1. The number of halogens is 2. The highest BCUT2D eigenvalue weighted by atomic mass is 19.1. The molecule has 21 heavy (non-hydrogen) atoms. The van der Waals surface area contributed by atoms with Crippen molar-refractivity contribution in [1.82, 2.24) is 5.32 Å². The number of rotatable bonds is 5. The first-order chi connectivity index (χ1) is 9.98. The zero-order valence-corrected chi connectivity index (χ0v) is 12.0. The average Bonchev–Trinajstić information content (AvgIpc) is 2.43. The second kappa shape index (κ2) is 6.98. The summed E-state index contributed by atoms with van der Waals surface area (Å²) in [4.78, 5) is 11.8. The molecule has 0 radical (unpaired) electrons. The van der Waals surface area contributed by atoms with Crippen molar-refractivity contribution in [3.05, 3.63) is 35.4 Å². The van der Waals surface area contributed by atoms with Crippen LogP contribution in [0.15, 0.2) is 18.2 Å². The Bertz CT molecular complexity index is 499. The lowest BCUT2D eigenvalue weighted by molar-refractivity contribution is -0.127. The molecule has 1 aromatic carbocycles. The highest BCUT2D eigenvalue weighted by molar-refractivity contribution is 5.77. The fourth-order valence-electron chi connectivity index (χ4n) is 2.82. The van der Waals surface area contributed by atoms with E-state index < -0.39 is 17.2 Å². The number of hydrogen-bond acceptors (Lipinski definition) is 2. The smallest absolute Gasteiger partial charge is 0.222 e. The van der Waals surface area contributed by atoms with Crippen LogP contribution in [0.4, 0.5) is 8.78 Å². The summed E-state index contributed by atoms with van der Waals surface area (Å²) >= 11 is 0. The molecule has 0 bridgehead atoms. The first-order valence-corrected chi connectivity index (χ1v) is 7.42. The molecule has 0 aromatic heterocycles. The highest BCUT2D eigenvalue weighted by Gasteiger charge is 2.31. The summed E-state index contributed by atoms with van der Waals surface area (Å²) in [6.07, 6.45) is 4.60. The maximum absolute atomic E-state index is 13.4. The SMILES string of the molecule is O=C(CC1(O)CCCCC1)NCCc1cc(F)ccc1F. The van der Waals surface area contributed by atoms with Gasteiger partial charge in [0.25, 0.3) is 0 Å². The minimum Gasteiger partial charge on any atom is -0.389 e. The maximum Gasteiger partial charge on any atom is 0.222 e. The molecular weight excluding hydrogens is 276 g/mol. The van der Waals surface area contributed by atoms with Crippen LogP contribution in [-0.4, -0.2) is 23.2 Å². The summed E-state index contributed by atoms with van der Waals surface area (Å²) < 4.78 is 26.4. The van der Waals surface area contributed by atoms with E-state index in [-0.39, 0.29) is 30.9 Å². The maximum atomic E-state index is 13.4. The van der Waals surface area contributed by atoms with Gasteiger partial charge in [-0.1, -0.05) is 19.3 Å². The molecular formula is C16H21F2NO2. The van der Waals surface area contributed by atoms with E-state index in [9.17, 15) is 18.7 Å². The van der Waals surface area contributed by atoms with Crippen molar-refractivity contribution < 1.29 is 18.7 Å². The van der Waals surface area contributed by atoms with Crippen LogP contribution in [0.25, 0.3) is 0 Å². The van der Waals surface area contributed by atoms with Crippen LogP contribution in [0, 0.1) is 11.6 Å². The third-order valence-electron chi connectivity index (χ3n) is 4.00. The van der Waals surface area contributed by atoms with E-state index in [1.54, 1.807) is 0 Å². The molecule has 1 aromatic rings. The number of hydrogen-bond donors (Lipinski definition) is 2. The largest absolute Gasteiger partial charge is 0.389 e. The Morgan fingerprint density at radius 1 is 1.24 bits per heavy atom. The Hall–Kier alpha value is -1.49. The molecule has 1 aliphatic carbocycles. The molecule has 1 aliphatic rings. The lowest BCUT2D eigenvalue weighted by Crippen LogP contribution is -2.38. The van der Waals surface area contributed by atoms with Gasteiger partial charge in [0.2, 0.25) is 5.91 Å². The first-order valence-electron chi connectivity index (χ1n) is 7.42. The van der Waals surface area contributed by atoms with Gasteiger partial charge in [-0.05, 0) is 43.0 Å². The fourth-order valence-corrected chi connectivity index (χ4v) is 2.82. The van der Waals surface area contributed by atoms with Gasteiger partial charge >= 0.3 is 0 Å². The van der Waals surface area contributed by atoms with Gasteiger partial charge in [0.15, 0.2) is 0 Å². The molecule has 0 aliphatic heterocycles. The van der Waals surface area contributed by atoms with Gasteiger partial charge in [-0.25, -0.2) is 8.78 Å². The van der Waals surface area contributed by atoms with E-state index in [0.29, 0.717) is 12.8 Å². The predicted octanol–water partition coefficient (Wildman–Crippen LogP) is 2.71. The van der Waals surface area contributed by atoms with Crippen molar-refractivity contribution in [2.75, 3.05) is 6.54 Å². The summed E-state index contributed by atoms with van der Waals surface area (Å²) in [5.74, 6) is -1.21. The van der Waals surface area contributed by atoms with Crippen molar-refractivity contribution in [3.63, 3.8) is 0 Å². The average molecular weight is 297 g/mol. The van der Waals surface area contributed by atoms with Crippen molar-refractivity contribution in [3.8, 4) is 0 Å². The summed E-state index contributed by atoms with van der Waals surface area (Å²) in [6.45, 7) is 0.231. The molecule has 3 nitrogen and oxygen atoms in total. The first kappa shape index (κ1) is 15.9. The van der Waals surface area contributed by atoms with E-state index in [1.807, 2.05) is 0 Å². The topological polar surface area (TPSA) is 49.3 Å². The predicted molar refractivity (Wildman–Crippen MR) is 75.7 cm³/mol. The van der Waals surface area contributed by atoms with Crippen molar-refractivity contribution >= 4 is 5.91 Å². The van der Waals surface area contributed by atoms with Crippen LogP contribution in [-0.2, 0) is 11.2 Å². The van der Waals surface area contributed by atoms with Gasteiger partial charge in [0.05, 0.1) is 12.0 Å². The Kier molecular flexibility index (Phi) is 5.28. The Labute approximate surface area is 123 Å². The molecule has 5 heteroatoms. The molecule has 2 rings (SSSR count). The normalized spacial score (nSPS) is 17.5. The molecule has 0 atom stereocenters. The molecule has 1 fully saturated rings. The molecule has 2 N–H and O–H groups in total. The van der Waals surface area contributed by atoms with Gasteiger partial charge in [0, 0.05) is 6.54 Å². The number of nitrogens with one attached hydrogen (secondary N) is 1. The Morgan fingerprint density at radius 2 is 1.95 bits per heavy atom. The van der Waals surface area contributed by atoms with Crippen molar-refractivity contribution in [2.45, 2.75) is 50.5 Å².